The molecule has 0 saturated carbocycles. The normalized spacial score (nSPS) is 11.8. The van der Waals surface area contributed by atoms with Crippen molar-refractivity contribution >= 4 is 65.4 Å². The standard InChI is InChI=1S/C46H26N4O2S/c1-2-10-27(11-3-1)43-48-44(30-20-22-33-32-14-4-6-17-37(32)52-40(33)26-30)50-45(49-43)34-15-9-18-39-42(34)35-25-29(21-23-38(35)51-39)28-12-8-13-31(24-28)46-47-36-16-5-7-19-41(36)53-46/h1-26H. The number of rotatable bonds is 5. The number of furan rings is 2. The van der Waals surface area contributed by atoms with Gasteiger partial charge in [-0.3, -0.25) is 0 Å². The van der Waals surface area contributed by atoms with Crippen LogP contribution < -0.4 is 0 Å². The van der Waals surface area contributed by atoms with Crippen LogP contribution in [0.5, 0.6) is 0 Å². The SMILES string of the molecule is c1ccc(-c2nc(-c3ccc4c(c3)oc3ccccc34)nc(-c3cccc4oc5ccc(-c6cccc(-c7nc8ccccc8s7)c6)cc5c34)n2)cc1. The van der Waals surface area contributed by atoms with Gasteiger partial charge in [0.05, 0.1) is 10.2 Å². The van der Waals surface area contributed by atoms with Gasteiger partial charge in [0, 0.05) is 43.8 Å². The predicted octanol–water partition coefficient (Wildman–Crippen LogP) is 12.6. The highest BCUT2D eigenvalue weighted by atomic mass is 32.1. The van der Waals surface area contributed by atoms with Gasteiger partial charge >= 0.3 is 0 Å². The zero-order valence-corrected chi connectivity index (χ0v) is 28.8. The van der Waals surface area contributed by atoms with Crippen molar-refractivity contribution in [1.29, 1.82) is 0 Å². The molecule has 0 bridgehead atoms. The van der Waals surface area contributed by atoms with Crippen LogP contribution in [0.25, 0.3) is 110 Å². The molecule has 4 heterocycles. The minimum absolute atomic E-state index is 0.563. The van der Waals surface area contributed by atoms with Crippen LogP contribution in [0.1, 0.15) is 0 Å². The maximum absolute atomic E-state index is 6.45. The summed E-state index contributed by atoms with van der Waals surface area (Å²) in [6, 6.07) is 53.6. The first-order chi connectivity index (χ1) is 26.2. The topological polar surface area (TPSA) is 77.8 Å². The Morgan fingerprint density at radius 1 is 0.377 bits per heavy atom. The molecule has 0 fully saturated rings. The lowest BCUT2D eigenvalue weighted by Gasteiger charge is -2.09. The summed E-state index contributed by atoms with van der Waals surface area (Å²) in [4.78, 5) is 20.1. The average Bonchev–Trinajstić information content (AvgIpc) is 3.94. The molecule has 6 nitrogen and oxygen atoms in total. The van der Waals surface area contributed by atoms with E-state index >= 15 is 0 Å². The molecule has 0 atom stereocenters. The van der Waals surface area contributed by atoms with Gasteiger partial charge in [-0.15, -0.1) is 11.3 Å². The molecule has 248 valence electrons. The first-order valence-electron chi connectivity index (χ1n) is 17.4. The van der Waals surface area contributed by atoms with Crippen molar-refractivity contribution in [3.63, 3.8) is 0 Å². The fourth-order valence-electron chi connectivity index (χ4n) is 7.23. The van der Waals surface area contributed by atoms with Crippen LogP contribution in [0.2, 0.25) is 0 Å². The van der Waals surface area contributed by atoms with E-state index in [1.54, 1.807) is 11.3 Å². The first-order valence-corrected chi connectivity index (χ1v) is 18.2. The highest BCUT2D eigenvalue weighted by molar-refractivity contribution is 7.21. The molecule has 7 aromatic carbocycles. The van der Waals surface area contributed by atoms with Crippen LogP contribution in [0.3, 0.4) is 0 Å². The molecule has 53 heavy (non-hydrogen) atoms. The van der Waals surface area contributed by atoms with E-state index in [-0.39, 0.29) is 0 Å². The second kappa shape index (κ2) is 11.8. The van der Waals surface area contributed by atoms with Crippen LogP contribution in [0.15, 0.2) is 167 Å². The molecule has 0 amide bonds. The quantitative estimate of drug-likeness (QED) is 0.178. The molecule has 0 N–H and O–H groups in total. The zero-order valence-electron chi connectivity index (χ0n) is 28.0. The van der Waals surface area contributed by atoms with Gasteiger partial charge in [0.25, 0.3) is 0 Å². The van der Waals surface area contributed by atoms with Gasteiger partial charge in [-0.1, -0.05) is 103 Å². The van der Waals surface area contributed by atoms with E-state index in [0.29, 0.717) is 17.5 Å². The van der Waals surface area contributed by atoms with E-state index in [1.807, 2.05) is 72.8 Å². The highest BCUT2D eigenvalue weighted by Gasteiger charge is 2.19. The van der Waals surface area contributed by atoms with E-state index in [1.165, 1.54) is 4.70 Å². The molecule has 7 heteroatoms. The summed E-state index contributed by atoms with van der Waals surface area (Å²) in [5.41, 5.74) is 10.1. The molecular formula is C46H26N4O2S. The molecule has 0 spiro atoms. The molecule has 4 aromatic heterocycles. The number of hydrogen-bond donors (Lipinski definition) is 0. The Morgan fingerprint density at radius 3 is 1.96 bits per heavy atom. The van der Waals surface area contributed by atoms with Crippen molar-refractivity contribution < 1.29 is 8.83 Å². The number of nitrogens with zero attached hydrogens (tertiary/aromatic N) is 4. The van der Waals surface area contributed by atoms with Gasteiger partial charge in [-0.05, 0) is 65.7 Å². The molecule has 0 aliphatic rings. The number of fused-ring (bicyclic) bond motifs is 7. The van der Waals surface area contributed by atoms with Crippen LogP contribution in [0, 0.1) is 0 Å². The Kier molecular flexibility index (Phi) is 6.62. The van der Waals surface area contributed by atoms with Gasteiger partial charge in [0.2, 0.25) is 0 Å². The molecule has 11 aromatic rings. The number of aromatic nitrogens is 4. The van der Waals surface area contributed by atoms with Gasteiger partial charge in [0.1, 0.15) is 27.3 Å². The Labute approximate surface area is 306 Å². The minimum atomic E-state index is 0.563. The maximum Gasteiger partial charge on any atom is 0.164 e. The van der Waals surface area contributed by atoms with Gasteiger partial charge < -0.3 is 8.83 Å². The molecule has 0 aliphatic heterocycles. The second-order valence-corrected chi connectivity index (χ2v) is 14.1. The number of para-hydroxylation sites is 2. The smallest absolute Gasteiger partial charge is 0.164 e. The first kappa shape index (κ1) is 29.7. The summed E-state index contributed by atoms with van der Waals surface area (Å²) >= 11 is 1.71. The Balaban J connectivity index is 1.07. The fraction of sp³-hybridized carbons (Fsp3) is 0. The lowest BCUT2D eigenvalue weighted by molar-refractivity contribution is 0.668. The van der Waals surface area contributed by atoms with E-state index in [4.69, 9.17) is 28.8 Å². The Morgan fingerprint density at radius 2 is 1.04 bits per heavy atom. The summed E-state index contributed by atoms with van der Waals surface area (Å²) in [6.45, 7) is 0. The summed E-state index contributed by atoms with van der Waals surface area (Å²) in [5.74, 6) is 1.72. The molecular weight excluding hydrogens is 673 g/mol. The summed E-state index contributed by atoms with van der Waals surface area (Å²) < 4.78 is 13.9. The van der Waals surface area contributed by atoms with Gasteiger partial charge in [-0.2, -0.15) is 0 Å². The third-order valence-electron chi connectivity index (χ3n) is 9.78. The largest absolute Gasteiger partial charge is 0.456 e. The van der Waals surface area contributed by atoms with Crippen molar-refractivity contribution in [3.8, 4) is 55.9 Å². The van der Waals surface area contributed by atoms with Crippen molar-refractivity contribution in [1.82, 2.24) is 19.9 Å². The van der Waals surface area contributed by atoms with E-state index in [0.717, 1.165) is 87.8 Å². The zero-order chi connectivity index (χ0) is 34.9. The van der Waals surface area contributed by atoms with Crippen molar-refractivity contribution in [2.75, 3.05) is 0 Å². The van der Waals surface area contributed by atoms with Gasteiger partial charge in [-0.25, -0.2) is 19.9 Å². The number of hydrogen-bond acceptors (Lipinski definition) is 7. The second-order valence-electron chi connectivity index (χ2n) is 13.0. The summed E-state index contributed by atoms with van der Waals surface area (Å²) in [7, 11) is 0. The van der Waals surface area contributed by atoms with E-state index in [2.05, 4.69) is 84.9 Å². The molecule has 0 saturated heterocycles. The molecule has 0 unspecified atom stereocenters. The Bertz CT molecular complexity index is 3160. The van der Waals surface area contributed by atoms with Crippen molar-refractivity contribution in [3.05, 3.63) is 158 Å². The maximum atomic E-state index is 6.45. The van der Waals surface area contributed by atoms with E-state index in [9.17, 15) is 0 Å². The third kappa shape index (κ3) is 5.01. The Hall–Kier alpha value is -6.96. The van der Waals surface area contributed by atoms with Crippen molar-refractivity contribution in [2.45, 2.75) is 0 Å². The molecule has 0 radical (unpaired) electrons. The molecule has 0 aliphatic carbocycles. The lowest BCUT2D eigenvalue weighted by atomic mass is 9.99. The number of benzene rings is 7. The summed E-state index contributed by atoms with van der Waals surface area (Å²) in [6.07, 6.45) is 0. The summed E-state index contributed by atoms with van der Waals surface area (Å²) in [5, 5.41) is 5.08. The number of thiazole rings is 1. The molecule has 11 rings (SSSR count). The lowest BCUT2D eigenvalue weighted by Crippen LogP contribution is -2.00. The third-order valence-corrected chi connectivity index (χ3v) is 10.9. The monoisotopic (exact) mass is 698 g/mol. The minimum Gasteiger partial charge on any atom is -0.456 e. The van der Waals surface area contributed by atoms with Crippen molar-refractivity contribution in [2.24, 2.45) is 0 Å². The van der Waals surface area contributed by atoms with Crippen LogP contribution in [-0.2, 0) is 0 Å². The van der Waals surface area contributed by atoms with E-state index < -0.39 is 0 Å². The highest BCUT2D eigenvalue weighted by Crippen LogP contribution is 2.40. The average molecular weight is 699 g/mol. The van der Waals surface area contributed by atoms with Crippen LogP contribution in [-0.4, -0.2) is 19.9 Å². The van der Waals surface area contributed by atoms with Crippen LogP contribution in [0.4, 0.5) is 0 Å². The fourth-order valence-corrected chi connectivity index (χ4v) is 8.19. The predicted molar refractivity (Wildman–Crippen MR) is 215 cm³/mol. The van der Waals surface area contributed by atoms with Gasteiger partial charge in [0.15, 0.2) is 17.5 Å². The van der Waals surface area contributed by atoms with Crippen LogP contribution >= 0.6 is 11.3 Å².